The number of alkyl halides is 3. The zero-order valence-corrected chi connectivity index (χ0v) is 16.8. The smallest absolute Gasteiger partial charge is 0.320 e. The summed E-state index contributed by atoms with van der Waals surface area (Å²) in [6.45, 7) is 0. The molecule has 31 heavy (non-hydrogen) atoms. The number of pyridine rings is 2. The van der Waals surface area contributed by atoms with E-state index in [4.69, 9.17) is 13.0 Å². The van der Waals surface area contributed by atoms with E-state index < -0.39 is 15.6 Å². The molecule has 0 radical (unpaired) electrons. The van der Waals surface area contributed by atoms with Crippen molar-refractivity contribution < 1.29 is 35.7 Å². The molecular weight excluding hydrogens is 441 g/mol. The second-order valence-corrected chi connectivity index (χ2v) is 8.52. The maximum Gasteiger partial charge on any atom is 0.522 e. The van der Waals surface area contributed by atoms with Gasteiger partial charge in [0, 0.05) is 36.2 Å². The van der Waals surface area contributed by atoms with Gasteiger partial charge in [0.25, 0.3) is 0 Å². The Kier molecular flexibility index (Phi) is 6.14. The highest BCUT2D eigenvalue weighted by Crippen LogP contribution is 2.30. The minimum absolute atomic E-state index is 0.0492. The zero-order valence-electron chi connectivity index (χ0n) is 16.0. The third kappa shape index (κ3) is 4.90. The molecule has 8 nitrogen and oxygen atoms in total. The number of nitrogens with zero attached hydrogens (tertiary/aromatic N) is 1. The van der Waals surface area contributed by atoms with Gasteiger partial charge >= 0.3 is 15.6 Å². The number of aromatic nitrogens is 2. The molecule has 0 aliphatic heterocycles. The van der Waals surface area contributed by atoms with Crippen molar-refractivity contribution >= 4 is 21.7 Å². The van der Waals surface area contributed by atoms with E-state index in [0.717, 1.165) is 36.8 Å². The van der Waals surface area contributed by atoms with Crippen molar-refractivity contribution in [3.63, 3.8) is 0 Å². The number of H-pyrrole nitrogens is 1. The SMILES string of the molecule is O=C1CCCc2cc(-c3[nH]c(=O)cc4c3C(=O)CCC4)ncc21.O=S(=O)(O)C(F)(F)F. The number of Topliss-reactive ketones (excluding diaryl/α,β-unsaturated/α-hetero) is 2. The first-order valence-corrected chi connectivity index (χ1v) is 10.7. The average molecular weight is 458 g/mol. The van der Waals surface area contributed by atoms with E-state index in [1.807, 2.05) is 6.07 Å². The van der Waals surface area contributed by atoms with Gasteiger partial charge in [-0.05, 0) is 42.9 Å². The van der Waals surface area contributed by atoms with Crippen LogP contribution in [0.5, 0.6) is 0 Å². The monoisotopic (exact) mass is 458 g/mol. The quantitative estimate of drug-likeness (QED) is 0.496. The van der Waals surface area contributed by atoms with Gasteiger partial charge in [-0.1, -0.05) is 0 Å². The van der Waals surface area contributed by atoms with Gasteiger partial charge in [0.2, 0.25) is 5.56 Å². The standard InChI is InChI=1S/C18H16N2O3.CHF3O3S/c21-14-5-1-3-10-7-13(19-9-12(10)14)18-17-11(8-16(23)20-18)4-2-6-15(17)22;2-1(3,4)8(5,6)7/h7-9H,1-6H2,(H,20,23);(H,5,6,7). The van der Waals surface area contributed by atoms with Crippen LogP contribution in [0.2, 0.25) is 0 Å². The highest BCUT2D eigenvalue weighted by atomic mass is 32.2. The van der Waals surface area contributed by atoms with Gasteiger partial charge in [0.15, 0.2) is 11.6 Å². The van der Waals surface area contributed by atoms with Crippen LogP contribution in [0.4, 0.5) is 13.2 Å². The van der Waals surface area contributed by atoms with E-state index in [2.05, 4.69) is 9.97 Å². The van der Waals surface area contributed by atoms with Crippen molar-refractivity contribution in [3.8, 4) is 11.4 Å². The van der Waals surface area contributed by atoms with E-state index in [9.17, 15) is 27.6 Å². The van der Waals surface area contributed by atoms with Crippen LogP contribution in [0.1, 0.15) is 57.5 Å². The van der Waals surface area contributed by atoms with Crippen molar-refractivity contribution in [1.82, 2.24) is 9.97 Å². The van der Waals surface area contributed by atoms with Crippen LogP contribution in [0.15, 0.2) is 23.1 Å². The Bertz CT molecular complexity index is 1220. The number of carbonyl (C=O) groups excluding carboxylic acids is 2. The largest absolute Gasteiger partial charge is 0.522 e. The normalized spacial score (nSPS) is 16.1. The number of ketones is 2. The molecule has 0 amide bonds. The second-order valence-electron chi connectivity index (χ2n) is 7.11. The summed E-state index contributed by atoms with van der Waals surface area (Å²) in [7, 11) is -5.84. The first-order valence-electron chi connectivity index (χ1n) is 9.24. The van der Waals surface area contributed by atoms with E-state index in [1.165, 1.54) is 6.07 Å². The zero-order chi connectivity index (χ0) is 23.0. The molecule has 2 aromatic heterocycles. The minimum Gasteiger partial charge on any atom is -0.320 e. The summed E-state index contributed by atoms with van der Waals surface area (Å²) in [6.07, 6.45) is 5.81. The van der Waals surface area contributed by atoms with Gasteiger partial charge in [-0.25, -0.2) is 0 Å². The Morgan fingerprint density at radius 2 is 1.52 bits per heavy atom. The molecular formula is C19H17F3N2O6S. The Labute approximate surface area is 174 Å². The third-order valence-electron chi connectivity index (χ3n) is 4.94. The molecule has 2 heterocycles. The molecule has 166 valence electrons. The van der Waals surface area contributed by atoms with Gasteiger partial charge in [0.1, 0.15) is 0 Å². The van der Waals surface area contributed by atoms with Gasteiger partial charge < -0.3 is 4.98 Å². The van der Waals surface area contributed by atoms with Crippen molar-refractivity contribution in [2.75, 3.05) is 0 Å². The lowest BCUT2D eigenvalue weighted by atomic mass is 9.87. The molecule has 0 fully saturated rings. The van der Waals surface area contributed by atoms with Crippen molar-refractivity contribution in [2.45, 2.75) is 44.0 Å². The summed E-state index contributed by atoms with van der Waals surface area (Å²) in [4.78, 5) is 43.3. The van der Waals surface area contributed by atoms with Gasteiger partial charge in [0.05, 0.1) is 11.4 Å². The number of aryl methyl sites for hydroxylation is 2. The number of nitrogens with one attached hydrogen (secondary N) is 1. The maximum absolute atomic E-state index is 12.3. The Hall–Kier alpha value is -2.86. The van der Waals surface area contributed by atoms with Gasteiger partial charge in [-0.15, -0.1) is 0 Å². The maximum atomic E-state index is 12.3. The fourth-order valence-corrected chi connectivity index (χ4v) is 3.55. The topological polar surface area (TPSA) is 134 Å². The summed E-state index contributed by atoms with van der Waals surface area (Å²) in [5.74, 6) is 0.165. The van der Waals surface area contributed by atoms with E-state index in [-0.39, 0.29) is 17.1 Å². The van der Waals surface area contributed by atoms with E-state index >= 15 is 0 Å². The minimum atomic E-state index is -5.84. The second kappa shape index (κ2) is 8.35. The molecule has 0 unspecified atom stereocenters. The number of carbonyl (C=O) groups is 2. The van der Waals surface area contributed by atoms with Crippen molar-refractivity contribution in [1.29, 1.82) is 0 Å². The molecule has 0 saturated heterocycles. The number of halogens is 3. The molecule has 4 rings (SSSR count). The summed E-state index contributed by atoms with van der Waals surface area (Å²) in [5.41, 5.74) is -1.68. The number of fused-ring (bicyclic) bond motifs is 2. The summed E-state index contributed by atoms with van der Waals surface area (Å²) >= 11 is 0. The number of hydrogen-bond donors (Lipinski definition) is 2. The lowest BCUT2D eigenvalue weighted by Crippen LogP contribution is -2.21. The highest BCUT2D eigenvalue weighted by Gasteiger charge is 2.44. The number of rotatable bonds is 1. The molecule has 0 aromatic carbocycles. The summed E-state index contributed by atoms with van der Waals surface area (Å²) in [6, 6.07) is 3.36. The van der Waals surface area contributed by atoms with Crippen LogP contribution >= 0.6 is 0 Å². The molecule has 2 aliphatic rings. The molecule has 2 aliphatic carbocycles. The van der Waals surface area contributed by atoms with E-state index in [1.54, 1.807) is 6.20 Å². The highest BCUT2D eigenvalue weighted by molar-refractivity contribution is 7.86. The Morgan fingerprint density at radius 1 is 0.935 bits per heavy atom. The Morgan fingerprint density at radius 3 is 2.13 bits per heavy atom. The summed E-state index contributed by atoms with van der Waals surface area (Å²) in [5, 5.41) is 0. The van der Waals surface area contributed by atoms with Crippen LogP contribution in [-0.2, 0) is 23.0 Å². The molecule has 2 N–H and O–H groups in total. The third-order valence-corrected chi connectivity index (χ3v) is 5.53. The fraction of sp³-hybridized carbons (Fsp3) is 0.368. The van der Waals surface area contributed by atoms with Crippen LogP contribution < -0.4 is 5.56 Å². The van der Waals surface area contributed by atoms with Crippen LogP contribution in [0.25, 0.3) is 11.4 Å². The average Bonchev–Trinajstić information content (AvgIpc) is 2.66. The lowest BCUT2D eigenvalue weighted by Gasteiger charge is -2.19. The van der Waals surface area contributed by atoms with Crippen molar-refractivity contribution in [2.24, 2.45) is 0 Å². The molecule has 0 atom stereocenters. The predicted octanol–water partition coefficient (Wildman–Crippen LogP) is 2.87. The first-order chi connectivity index (χ1) is 14.4. The van der Waals surface area contributed by atoms with Crippen LogP contribution in [0.3, 0.4) is 0 Å². The Balaban J connectivity index is 0.000000293. The molecule has 0 bridgehead atoms. The number of aromatic amines is 1. The fourth-order valence-electron chi connectivity index (χ4n) is 3.55. The summed E-state index contributed by atoms with van der Waals surface area (Å²) < 4.78 is 57.5. The first kappa shape index (κ1) is 22.8. The van der Waals surface area contributed by atoms with Crippen LogP contribution in [0, 0.1) is 0 Å². The lowest BCUT2D eigenvalue weighted by molar-refractivity contribution is -0.0510. The molecule has 0 spiro atoms. The molecule has 0 saturated carbocycles. The van der Waals surface area contributed by atoms with Crippen LogP contribution in [-0.4, -0.2) is 40.0 Å². The van der Waals surface area contributed by atoms with E-state index in [0.29, 0.717) is 35.4 Å². The molecule has 12 heteroatoms. The predicted molar refractivity (Wildman–Crippen MR) is 102 cm³/mol. The van der Waals surface area contributed by atoms with Crippen molar-refractivity contribution in [3.05, 3.63) is 50.9 Å². The number of hydrogen-bond acceptors (Lipinski definition) is 6. The van der Waals surface area contributed by atoms with Gasteiger partial charge in [-0.3, -0.25) is 23.9 Å². The molecule has 2 aromatic rings. The van der Waals surface area contributed by atoms with Gasteiger partial charge in [-0.2, -0.15) is 21.6 Å².